The number of piperidine rings is 1. The highest BCUT2D eigenvalue weighted by Crippen LogP contribution is 2.29. The first-order chi connectivity index (χ1) is 7.68. The molecule has 2 unspecified atom stereocenters. The van der Waals surface area contributed by atoms with Gasteiger partial charge in [0.15, 0.2) is 0 Å². The summed E-state index contributed by atoms with van der Waals surface area (Å²) in [7, 11) is 0. The first-order valence-corrected chi connectivity index (χ1v) is 6.51. The molecule has 1 fully saturated rings. The summed E-state index contributed by atoms with van der Waals surface area (Å²) in [5, 5.41) is 3.63. The summed E-state index contributed by atoms with van der Waals surface area (Å²) in [5.74, 6) is 1.39. The van der Waals surface area contributed by atoms with E-state index in [4.69, 9.17) is 0 Å². The van der Waals surface area contributed by atoms with Gasteiger partial charge in [0, 0.05) is 6.04 Å². The van der Waals surface area contributed by atoms with E-state index in [1.807, 2.05) is 0 Å². The van der Waals surface area contributed by atoms with Gasteiger partial charge in [0.25, 0.3) is 0 Å². The third kappa shape index (κ3) is 2.46. The second-order valence-corrected chi connectivity index (χ2v) is 5.37. The summed E-state index contributed by atoms with van der Waals surface area (Å²) in [6, 6.07) is 9.73. The quantitative estimate of drug-likeness (QED) is 0.793. The highest BCUT2D eigenvalue weighted by atomic mass is 14.9. The minimum atomic E-state index is 0.565. The molecule has 0 radical (unpaired) electrons. The van der Waals surface area contributed by atoms with Gasteiger partial charge < -0.3 is 5.32 Å². The van der Waals surface area contributed by atoms with E-state index in [9.17, 15) is 0 Å². The van der Waals surface area contributed by atoms with Gasteiger partial charge in [-0.25, -0.2) is 0 Å². The fraction of sp³-hybridized carbons (Fsp3) is 0.600. The van der Waals surface area contributed by atoms with Gasteiger partial charge in [-0.3, -0.25) is 0 Å². The highest BCUT2D eigenvalue weighted by Gasteiger charge is 2.21. The van der Waals surface area contributed by atoms with Crippen LogP contribution in [0.2, 0.25) is 0 Å². The van der Waals surface area contributed by atoms with Gasteiger partial charge in [0.2, 0.25) is 0 Å². The normalized spacial score (nSPS) is 26.0. The smallest absolute Gasteiger partial charge is 0.0346 e. The lowest BCUT2D eigenvalue weighted by Crippen LogP contribution is -2.32. The summed E-state index contributed by atoms with van der Waals surface area (Å²) in [5.41, 5.74) is 2.89. The third-order valence-corrected chi connectivity index (χ3v) is 3.73. The Kier molecular flexibility index (Phi) is 3.65. The van der Waals surface area contributed by atoms with E-state index in [0.717, 1.165) is 5.92 Å². The molecule has 1 aliphatic rings. The maximum atomic E-state index is 3.63. The molecule has 0 spiro atoms. The Bertz CT molecular complexity index is 326. The zero-order valence-electron chi connectivity index (χ0n) is 10.7. The maximum absolute atomic E-state index is 3.63. The summed E-state index contributed by atoms with van der Waals surface area (Å²) >= 11 is 0. The van der Waals surface area contributed by atoms with E-state index in [-0.39, 0.29) is 0 Å². The van der Waals surface area contributed by atoms with Crippen molar-refractivity contribution in [2.45, 2.75) is 45.6 Å². The van der Waals surface area contributed by atoms with Crippen LogP contribution in [0.1, 0.15) is 56.7 Å². The number of benzene rings is 1. The van der Waals surface area contributed by atoms with Crippen LogP contribution in [0, 0.1) is 5.92 Å². The first kappa shape index (κ1) is 11.7. The van der Waals surface area contributed by atoms with Crippen molar-refractivity contribution in [1.82, 2.24) is 5.32 Å². The second-order valence-electron chi connectivity index (χ2n) is 5.37. The molecule has 0 amide bonds. The highest BCUT2D eigenvalue weighted by molar-refractivity contribution is 5.27. The Labute approximate surface area is 99.3 Å². The lowest BCUT2D eigenvalue weighted by Gasteiger charge is -2.30. The van der Waals surface area contributed by atoms with Crippen LogP contribution < -0.4 is 5.32 Å². The molecule has 1 heterocycles. The molecule has 0 aromatic heterocycles. The van der Waals surface area contributed by atoms with Crippen LogP contribution in [0.5, 0.6) is 0 Å². The Balaban J connectivity index is 2.14. The molecule has 1 nitrogen and oxygen atoms in total. The molecule has 0 saturated carbocycles. The zero-order valence-corrected chi connectivity index (χ0v) is 10.7. The van der Waals surface area contributed by atoms with Gasteiger partial charge in [-0.2, -0.15) is 0 Å². The first-order valence-electron chi connectivity index (χ1n) is 6.51. The molecule has 1 aromatic rings. The van der Waals surface area contributed by atoms with Gasteiger partial charge in [0.05, 0.1) is 0 Å². The number of rotatable bonds is 2. The van der Waals surface area contributed by atoms with Crippen molar-refractivity contribution in [3.8, 4) is 0 Å². The minimum Gasteiger partial charge on any atom is -0.310 e. The van der Waals surface area contributed by atoms with Crippen molar-refractivity contribution in [3.63, 3.8) is 0 Å². The molecule has 1 N–H and O–H groups in total. The van der Waals surface area contributed by atoms with Crippen LogP contribution in [0.25, 0.3) is 0 Å². The van der Waals surface area contributed by atoms with Crippen LogP contribution in [-0.4, -0.2) is 6.54 Å². The SMILES string of the molecule is CC(C)c1ccc(C2NCCCC2C)cc1. The van der Waals surface area contributed by atoms with Crippen LogP contribution in [0.3, 0.4) is 0 Å². The largest absolute Gasteiger partial charge is 0.310 e. The Morgan fingerprint density at radius 2 is 1.88 bits per heavy atom. The van der Waals surface area contributed by atoms with Gasteiger partial charge in [-0.15, -0.1) is 0 Å². The molecule has 1 saturated heterocycles. The Morgan fingerprint density at radius 1 is 1.19 bits per heavy atom. The van der Waals surface area contributed by atoms with E-state index in [1.165, 1.54) is 30.5 Å². The number of nitrogens with one attached hydrogen (secondary N) is 1. The predicted molar refractivity (Wildman–Crippen MR) is 69.7 cm³/mol. The van der Waals surface area contributed by atoms with Gasteiger partial charge in [-0.1, -0.05) is 45.0 Å². The Morgan fingerprint density at radius 3 is 2.44 bits per heavy atom. The lowest BCUT2D eigenvalue weighted by molar-refractivity contribution is 0.306. The second kappa shape index (κ2) is 5.01. The van der Waals surface area contributed by atoms with E-state index >= 15 is 0 Å². The van der Waals surface area contributed by atoms with E-state index in [0.29, 0.717) is 12.0 Å². The summed E-state index contributed by atoms with van der Waals surface area (Å²) in [4.78, 5) is 0. The fourth-order valence-corrected chi connectivity index (χ4v) is 2.58. The van der Waals surface area contributed by atoms with Crippen molar-refractivity contribution in [3.05, 3.63) is 35.4 Å². The van der Waals surface area contributed by atoms with Crippen molar-refractivity contribution in [2.75, 3.05) is 6.54 Å². The zero-order chi connectivity index (χ0) is 11.5. The van der Waals surface area contributed by atoms with Gasteiger partial charge in [-0.05, 0) is 42.3 Å². The molecule has 16 heavy (non-hydrogen) atoms. The van der Waals surface area contributed by atoms with Crippen molar-refractivity contribution in [1.29, 1.82) is 0 Å². The van der Waals surface area contributed by atoms with Crippen molar-refractivity contribution < 1.29 is 0 Å². The maximum Gasteiger partial charge on any atom is 0.0346 e. The third-order valence-electron chi connectivity index (χ3n) is 3.73. The summed E-state index contributed by atoms with van der Waals surface area (Å²) in [6.07, 6.45) is 2.67. The predicted octanol–water partition coefficient (Wildman–Crippen LogP) is 3.87. The van der Waals surface area contributed by atoms with Crippen molar-refractivity contribution in [2.24, 2.45) is 5.92 Å². The standard InChI is InChI=1S/C15H23N/c1-11(2)13-6-8-14(9-7-13)15-12(3)5-4-10-16-15/h6-9,11-12,15-16H,4-5,10H2,1-3H3. The van der Waals surface area contributed by atoms with Crippen LogP contribution in [0.4, 0.5) is 0 Å². The van der Waals surface area contributed by atoms with Crippen LogP contribution in [-0.2, 0) is 0 Å². The fourth-order valence-electron chi connectivity index (χ4n) is 2.58. The molecule has 2 rings (SSSR count). The average Bonchev–Trinajstić information content (AvgIpc) is 2.30. The lowest BCUT2D eigenvalue weighted by atomic mass is 9.87. The molecule has 1 aromatic carbocycles. The van der Waals surface area contributed by atoms with Crippen LogP contribution >= 0.6 is 0 Å². The van der Waals surface area contributed by atoms with Crippen molar-refractivity contribution >= 4 is 0 Å². The van der Waals surface area contributed by atoms with E-state index < -0.39 is 0 Å². The summed E-state index contributed by atoms with van der Waals surface area (Å²) < 4.78 is 0. The molecule has 88 valence electrons. The molecule has 0 aliphatic carbocycles. The Hall–Kier alpha value is -0.820. The number of hydrogen-bond acceptors (Lipinski definition) is 1. The molecular formula is C15H23N. The van der Waals surface area contributed by atoms with E-state index in [2.05, 4.69) is 50.4 Å². The number of hydrogen-bond donors (Lipinski definition) is 1. The van der Waals surface area contributed by atoms with E-state index in [1.54, 1.807) is 0 Å². The van der Waals surface area contributed by atoms with Gasteiger partial charge in [0.1, 0.15) is 0 Å². The summed E-state index contributed by atoms with van der Waals surface area (Å²) in [6.45, 7) is 8.01. The van der Waals surface area contributed by atoms with Gasteiger partial charge >= 0.3 is 0 Å². The average molecular weight is 217 g/mol. The minimum absolute atomic E-state index is 0.565. The molecule has 2 atom stereocenters. The molecular weight excluding hydrogens is 194 g/mol. The van der Waals surface area contributed by atoms with Crippen LogP contribution in [0.15, 0.2) is 24.3 Å². The topological polar surface area (TPSA) is 12.0 Å². The molecule has 1 heteroatoms. The monoisotopic (exact) mass is 217 g/mol. The molecule has 1 aliphatic heterocycles. The molecule has 0 bridgehead atoms.